The number of rotatable bonds is 4. The number of Topliss-reactive ketones (excluding diaryl/α,β-unsaturated/α-hetero) is 1. The monoisotopic (exact) mass is 370 g/mol. The van der Waals surface area contributed by atoms with Crippen molar-refractivity contribution < 1.29 is 29.6 Å². The van der Waals surface area contributed by atoms with Crippen LogP contribution in [0.2, 0.25) is 0 Å². The van der Waals surface area contributed by atoms with Gasteiger partial charge in [0.2, 0.25) is 0 Å². The third-order valence-electron chi connectivity index (χ3n) is 4.66. The Morgan fingerprint density at radius 3 is 2.44 bits per heavy atom. The fraction of sp³-hybridized carbons (Fsp3) is 0.286. The number of carbonyl (C=O) groups is 1. The van der Waals surface area contributed by atoms with Crippen LogP contribution in [0.15, 0.2) is 41.7 Å². The molecule has 0 amide bonds. The fourth-order valence-corrected chi connectivity index (χ4v) is 3.05. The SMILES string of the molecule is COc1ccc(C2CC(=O)c3c(O)cc(O)c(CC(O)=C(C)C)c3O2)cc1. The first-order chi connectivity index (χ1) is 12.8. The van der Waals surface area contributed by atoms with Crippen molar-refractivity contribution in [3.8, 4) is 23.0 Å². The van der Waals surface area contributed by atoms with E-state index in [1.54, 1.807) is 45.2 Å². The molecule has 0 spiro atoms. The predicted octanol–water partition coefficient (Wildman–Crippen LogP) is 4.21. The summed E-state index contributed by atoms with van der Waals surface area (Å²) in [4.78, 5) is 12.7. The van der Waals surface area contributed by atoms with E-state index in [1.807, 2.05) is 0 Å². The first-order valence-corrected chi connectivity index (χ1v) is 8.58. The molecule has 1 heterocycles. The maximum atomic E-state index is 12.7. The number of ketones is 1. The van der Waals surface area contributed by atoms with Gasteiger partial charge in [0, 0.05) is 18.1 Å². The van der Waals surface area contributed by atoms with Gasteiger partial charge in [0.05, 0.1) is 19.3 Å². The highest BCUT2D eigenvalue weighted by Gasteiger charge is 2.33. The average Bonchev–Trinajstić information content (AvgIpc) is 2.64. The first kappa shape index (κ1) is 18.6. The lowest BCUT2D eigenvalue weighted by atomic mass is 9.92. The van der Waals surface area contributed by atoms with E-state index in [2.05, 4.69) is 0 Å². The molecule has 2 aromatic rings. The molecule has 0 bridgehead atoms. The van der Waals surface area contributed by atoms with Gasteiger partial charge >= 0.3 is 0 Å². The van der Waals surface area contributed by atoms with Gasteiger partial charge in [0.1, 0.15) is 34.7 Å². The molecule has 1 aliphatic rings. The summed E-state index contributed by atoms with van der Waals surface area (Å²) in [7, 11) is 1.57. The van der Waals surface area contributed by atoms with Gasteiger partial charge in [-0.15, -0.1) is 0 Å². The van der Waals surface area contributed by atoms with Crippen LogP contribution in [0.25, 0.3) is 0 Å². The number of methoxy groups -OCH3 is 1. The van der Waals surface area contributed by atoms with Gasteiger partial charge in [-0.05, 0) is 37.1 Å². The normalized spacial score (nSPS) is 15.7. The van der Waals surface area contributed by atoms with Crippen molar-refractivity contribution in [3.63, 3.8) is 0 Å². The Morgan fingerprint density at radius 1 is 1.19 bits per heavy atom. The second kappa shape index (κ2) is 7.23. The van der Waals surface area contributed by atoms with Crippen LogP contribution in [0.3, 0.4) is 0 Å². The molecule has 1 atom stereocenters. The molecule has 3 rings (SSSR count). The summed E-state index contributed by atoms with van der Waals surface area (Å²) in [5.41, 5.74) is 1.77. The van der Waals surface area contributed by atoms with E-state index in [0.29, 0.717) is 11.3 Å². The van der Waals surface area contributed by atoms with E-state index in [1.165, 1.54) is 0 Å². The molecule has 6 nitrogen and oxygen atoms in total. The van der Waals surface area contributed by atoms with Crippen LogP contribution >= 0.6 is 0 Å². The Labute approximate surface area is 157 Å². The molecule has 0 fully saturated rings. The fourth-order valence-electron chi connectivity index (χ4n) is 3.05. The van der Waals surface area contributed by atoms with Gasteiger partial charge in [0.25, 0.3) is 0 Å². The number of carbonyl (C=O) groups excluding carboxylic acids is 1. The van der Waals surface area contributed by atoms with Crippen LogP contribution in [-0.2, 0) is 6.42 Å². The molecular weight excluding hydrogens is 348 g/mol. The molecule has 0 saturated carbocycles. The lowest BCUT2D eigenvalue weighted by Gasteiger charge is -2.28. The Bertz CT molecular complexity index is 907. The number of aliphatic hydroxyl groups is 1. The number of phenols is 2. The first-order valence-electron chi connectivity index (χ1n) is 8.58. The van der Waals surface area contributed by atoms with Crippen LogP contribution in [0, 0.1) is 0 Å². The van der Waals surface area contributed by atoms with Crippen molar-refractivity contribution in [3.05, 3.63) is 58.4 Å². The van der Waals surface area contributed by atoms with Gasteiger partial charge in [-0.3, -0.25) is 4.79 Å². The molecule has 0 saturated heterocycles. The average molecular weight is 370 g/mol. The predicted molar refractivity (Wildman–Crippen MR) is 99.8 cm³/mol. The summed E-state index contributed by atoms with van der Waals surface area (Å²) in [6, 6.07) is 8.26. The highest BCUT2D eigenvalue weighted by Crippen LogP contribution is 2.46. The number of phenolic OH excluding ortho intramolecular Hbond substituents is 2. The molecular formula is C21H22O6. The van der Waals surface area contributed by atoms with E-state index in [0.717, 1.165) is 11.6 Å². The quantitative estimate of drug-likeness (QED) is 0.698. The lowest BCUT2D eigenvalue weighted by Crippen LogP contribution is -2.22. The summed E-state index contributed by atoms with van der Waals surface area (Å²) in [6.45, 7) is 3.48. The third-order valence-corrected chi connectivity index (χ3v) is 4.66. The maximum Gasteiger partial charge on any atom is 0.174 e. The zero-order chi connectivity index (χ0) is 19.7. The molecule has 0 radical (unpaired) electrons. The number of fused-ring (bicyclic) bond motifs is 1. The van der Waals surface area contributed by atoms with Crippen molar-refractivity contribution >= 4 is 5.78 Å². The highest BCUT2D eigenvalue weighted by atomic mass is 16.5. The molecule has 0 aliphatic carbocycles. The minimum Gasteiger partial charge on any atom is -0.512 e. The Hall–Kier alpha value is -3.15. The summed E-state index contributed by atoms with van der Waals surface area (Å²) in [5.74, 6) is 0.0137. The number of aliphatic hydroxyl groups excluding tert-OH is 1. The van der Waals surface area contributed by atoms with E-state index in [9.17, 15) is 20.1 Å². The summed E-state index contributed by atoms with van der Waals surface area (Å²) < 4.78 is 11.2. The maximum absolute atomic E-state index is 12.7. The second-order valence-electron chi connectivity index (χ2n) is 6.73. The molecule has 142 valence electrons. The van der Waals surface area contributed by atoms with Crippen molar-refractivity contribution in [1.29, 1.82) is 0 Å². The number of hydrogen-bond acceptors (Lipinski definition) is 6. The number of ether oxygens (including phenoxy) is 2. The minimum atomic E-state index is -0.565. The standard InChI is InChI=1S/C21H22O6/c1-11(2)15(22)8-14-16(23)9-17(24)20-18(25)10-19(27-21(14)20)12-4-6-13(26-3)7-5-12/h4-7,9,19,22-24H,8,10H2,1-3H3. The van der Waals surface area contributed by atoms with Gasteiger partial charge in [0.15, 0.2) is 5.78 Å². The molecule has 6 heteroatoms. The number of benzene rings is 2. The summed E-state index contributed by atoms with van der Waals surface area (Å²) in [5, 5.41) is 30.6. The lowest BCUT2D eigenvalue weighted by molar-refractivity contribution is 0.0842. The van der Waals surface area contributed by atoms with Crippen molar-refractivity contribution in [2.45, 2.75) is 32.8 Å². The van der Waals surface area contributed by atoms with E-state index in [-0.39, 0.29) is 52.8 Å². The molecule has 27 heavy (non-hydrogen) atoms. The van der Waals surface area contributed by atoms with Crippen LogP contribution in [0.1, 0.15) is 47.9 Å². The van der Waals surface area contributed by atoms with E-state index >= 15 is 0 Å². The van der Waals surface area contributed by atoms with Crippen LogP contribution in [-0.4, -0.2) is 28.2 Å². The number of aromatic hydroxyl groups is 2. The van der Waals surface area contributed by atoms with Crippen LogP contribution in [0.5, 0.6) is 23.0 Å². The van der Waals surface area contributed by atoms with Crippen molar-refractivity contribution in [2.75, 3.05) is 7.11 Å². The Morgan fingerprint density at radius 2 is 1.85 bits per heavy atom. The highest BCUT2D eigenvalue weighted by molar-refractivity contribution is 6.03. The van der Waals surface area contributed by atoms with Gasteiger partial charge in [-0.1, -0.05) is 12.1 Å². The van der Waals surface area contributed by atoms with Crippen molar-refractivity contribution in [2.24, 2.45) is 0 Å². The molecule has 2 aromatic carbocycles. The third kappa shape index (κ3) is 3.56. The van der Waals surface area contributed by atoms with Gasteiger partial charge in [-0.2, -0.15) is 0 Å². The minimum absolute atomic E-state index is 0.000603. The van der Waals surface area contributed by atoms with Crippen LogP contribution < -0.4 is 9.47 Å². The van der Waals surface area contributed by atoms with E-state index < -0.39 is 6.10 Å². The van der Waals surface area contributed by atoms with Crippen molar-refractivity contribution in [1.82, 2.24) is 0 Å². The summed E-state index contributed by atoms with van der Waals surface area (Å²) >= 11 is 0. The second-order valence-corrected chi connectivity index (χ2v) is 6.73. The molecule has 1 unspecified atom stereocenters. The number of allylic oxidation sites excluding steroid dienone is 2. The van der Waals surface area contributed by atoms with E-state index in [4.69, 9.17) is 9.47 Å². The Kier molecular flexibility index (Phi) is 4.99. The smallest absolute Gasteiger partial charge is 0.174 e. The number of hydrogen-bond donors (Lipinski definition) is 3. The molecule has 0 aromatic heterocycles. The van der Waals surface area contributed by atoms with Gasteiger partial charge in [-0.25, -0.2) is 0 Å². The largest absolute Gasteiger partial charge is 0.512 e. The zero-order valence-corrected chi connectivity index (χ0v) is 15.4. The summed E-state index contributed by atoms with van der Waals surface area (Å²) in [6.07, 6.45) is -0.504. The molecule has 1 aliphatic heterocycles. The topological polar surface area (TPSA) is 96.2 Å². The Balaban J connectivity index is 2.06. The van der Waals surface area contributed by atoms with Crippen LogP contribution in [0.4, 0.5) is 0 Å². The zero-order valence-electron chi connectivity index (χ0n) is 15.4. The van der Waals surface area contributed by atoms with Gasteiger partial charge < -0.3 is 24.8 Å². The molecule has 3 N–H and O–H groups in total.